The maximum atomic E-state index is 12.0. The van der Waals surface area contributed by atoms with Gasteiger partial charge in [0.1, 0.15) is 13.2 Å². The van der Waals surface area contributed by atoms with E-state index in [2.05, 4.69) is 10.4 Å². The summed E-state index contributed by atoms with van der Waals surface area (Å²) < 4.78 is 12.9. The van der Waals surface area contributed by atoms with Gasteiger partial charge in [-0.2, -0.15) is 5.10 Å². The minimum atomic E-state index is 0.0104. The highest BCUT2D eigenvalue weighted by molar-refractivity contribution is 6.32. The van der Waals surface area contributed by atoms with Crippen LogP contribution in [0.25, 0.3) is 0 Å². The maximum absolute atomic E-state index is 12.0. The van der Waals surface area contributed by atoms with Crippen LogP contribution in [0.1, 0.15) is 23.4 Å². The van der Waals surface area contributed by atoms with Crippen molar-refractivity contribution in [1.82, 2.24) is 15.1 Å². The van der Waals surface area contributed by atoms with Gasteiger partial charge < -0.3 is 14.8 Å². The molecule has 1 amide bonds. The predicted molar refractivity (Wildman–Crippen MR) is 95.5 cm³/mol. The summed E-state index contributed by atoms with van der Waals surface area (Å²) in [5, 5.41) is 7.83. The second kappa shape index (κ2) is 7.78. The Bertz CT molecular complexity index is 773. The highest BCUT2D eigenvalue weighted by Crippen LogP contribution is 2.38. The summed E-state index contributed by atoms with van der Waals surface area (Å²) >= 11 is 6.22. The Balaban J connectivity index is 1.47. The monoisotopic (exact) mass is 363 g/mol. The van der Waals surface area contributed by atoms with Crippen LogP contribution in [0.15, 0.2) is 18.2 Å². The molecule has 0 unspecified atom stereocenters. The van der Waals surface area contributed by atoms with Gasteiger partial charge in [-0.3, -0.25) is 9.48 Å². The topological polar surface area (TPSA) is 65.4 Å². The van der Waals surface area contributed by atoms with E-state index in [1.165, 1.54) is 0 Å². The van der Waals surface area contributed by atoms with Gasteiger partial charge in [-0.25, -0.2) is 0 Å². The van der Waals surface area contributed by atoms with Crippen LogP contribution in [0.2, 0.25) is 5.02 Å². The van der Waals surface area contributed by atoms with Crippen molar-refractivity contribution in [3.63, 3.8) is 0 Å². The molecule has 1 aliphatic rings. The number of rotatable bonds is 6. The van der Waals surface area contributed by atoms with Crippen molar-refractivity contribution < 1.29 is 14.3 Å². The number of hydrogen-bond acceptors (Lipinski definition) is 4. The first-order valence-electron chi connectivity index (χ1n) is 8.38. The van der Waals surface area contributed by atoms with E-state index in [1.54, 1.807) is 0 Å². The van der Waals surface area contributed by atoms with Gasteiger partial charge >= 0.3 is 0 Å². The average molecular weight is 364 g/mol. The Morgan fingerprint density at radius 1 is 1.28 bits per heavy atom. The lowest BCUT2D eigenvalue weighted by molar-refractivity contribution is -0.121. The number of ether oxygens (including phenoxy) is 2. The summed E-state index contributed by atoms with van der Waals surface area (Å²) in [4.78, 5) is 12.0. The largest absolute Gasteiger partial charge is 0.486 e. The van der Waals surface area contributed by atoms with E-state index in [0.717, 1.165) is 17.0 Å². The molecule has 1 N–H and O–H groups in total. The first-order chi connectivity index (χ1) is 12.0. The molecule has 0 atom stereocenters. The Hall–Kier alpha value is -2.21. The molecule has 0 bridgehead atoms. The van der Waals surface area contributed by atoms with Gasteiger partial charge in [0.25, 0.3) is 0 Å². The molecule has 0 aliphatic carbocycles. The van der Waals surface area contributed by atoms with Crippen LogP contribution in [0.3, 0.4) is 0 Å². The van der Waals surface area contributed by atoms with E-state index >= 15 is 0 Å². The molecule has 0 saturated carbocycles. The van der Waals surface area contributed by atoms with Crippen LogP contribution in [0, 0.1) is 13.8 Å². The molecular formula is C18H22ClN3O3. The van der Waals surface area contributed by atoms with E-state index < -0.39 is 0 Å². The van der Waals surface area contributed by atoms with Gasteiger partial charge in [0.15, 0.2) is 11.5 Å². The molecule has 1 aromatic carbocycles. The molecular weight excluding hydrogens is 342 g/mol. The Labute approximate surface area is 152 Å². The third kappa shape index (κ3) is 4.45. The van der Waals surface area contributed by atoms with Crippen molar-refractivity contribution in [2.75, 3.05) is 19.8 Å². The number of amides is 1. The van der Waals surface area contributed by atoms with Crippen molar-refractivity contribution >= 4 is 17.5 Å². The smallest absolute Gasteiger partial charge is 0.221 e. The molecule has 0 radical (unpaired) electrons. The van der Waals surface area contributed by atoms with Crippen LogP contribution >= 0.6 is 11.6 Å². The zero-order chi connectivity index (χ0) is 17.8. The number of aromatic nitrogens is 2. The fourth-order valence-corrected chi connectivity index (χ4v) is 3.14. The lowest BCUT2D eigenvalue weighted by Crippen LogP contribution is -2.27. The number of nitrogens with zero attached hydrogens (tertiary/aromatic N) is 2. The number of halogens is 1. The molecule has 7 heteroatoms. The van der Waals surface area contributed by atoms with E-state index in [4.69, 9.17) is 21.1 Å². The lowest BCUT2D eigenvalue weighted by atomic mass is 10.1. The Morgan fingerprint density at radius 2 is 2.08 bits per heavy atom. The molecule has 3 rings (SSSR count). The quantitative estimate of drug-likeness (QED) is 0.857. The number of carbonyl (C=O) groups is 1. The van der Waals surface area contributed by atoms with Crippen molar-refractivity contribution in [3.05, 3.63) is 40.2 Å². The highest BCUT2D eigenvalue weighted by Gasteiger charge is 2.16. The van der Waals surface area contributed by atoms with Crippen LogP contribution in [0.5, 0.6) is 11.5 Å². The molecule has 0 fully saturated rings. The molecule has 2 aromatic rings. The molecule has 1 aromatic heterocycles. The van der Waals surface area contributed by atoms with Gasteiger partial charge in [0, 0.05) is 25.2 Å². The number of fused-ring (bicyclic) bond motifs is 1. The second-order valence-electron chi connectivity index (χ2n) is 6.10. The van der Waals surface area contributed by atoms with Gasteiger partial charge in [0.2, 0.25) is 5.91 Å². The van der Waals surface area contributed by atoms with Gasteiger partial charge in [0.05, 0.1) is 10.7 Å². The zero-order valence-corrected chi connectivity index (χ0v) is 15.2. The van der Waals surface area contributed by atoms with Crippen LogP contribution in [-0.2, 0) is 17.8 Å². The molecule has 134 valence electrons. The van der Waals surface area contributed by atoms with Gasteiger partial charge in [-0.1, -0.05) is 11.6 Å². The summed E-state index contributed by atoms with van der Waals surface area (Å²) in [6.07, 6.45) is 1.09. The highest BCUT2D eigenvalue weighted by atomic mass is 35.5. The molecule has 1 aliphatic heterocycles. The average Bonchev–Trinajstić information content (AvgIpc) is 2.90. The molecule has 25 heavy (non-hydrogen) atoms. The normalized spacial score (nSPS) is 12.9. The fraction of sp³-hybridized carbons (Fsp3) is 0.444. The van der Waals surface area contributed by atoms with Crippen molar-refractivity contribution in [2.24, 2.45) is 0 Å². The summed E-state index contributed by atoms with van der Waals surface area (Å²) in [7, 11) is 0. The molecule has 6 nitrogen and oxygen atoms in total. The van der Waals surface area contributed by atoms with Crippen LogP contribution in [-0.4, -0.2) is 35.4 Å². The summed E-state index contributed by atoms with van der Waals surface area (Å²) in [5.41, 5.74) is 3.04. The van der Waals surface area contributed by atoms with Crippen LogP contribution < -0.4 is 14.8 Å². The second-order valence-corrected chi connectivity index (χ2v) is 6.51. The van der Waals surface area contributed by atoms with Gasteiger partial charge in [-0.15, -0.1) is 0 Å². The van der Waals surface area contributed by atoms with E-state index in [9.17, 15) is 4.79 Å². The maximum Gasteiger partial charge on any atom is 0.221 e. The van der Waals surface area contributed by atoms with E-state index in [-0.39, 0.29) is 5.91 Å². The molecule has 0 spiro atoms. The van der Waals surface area contributed by atoms with Crippen molar-refractivity contribution in [1.29, 1.82) is 0 Å². The SMILES string of the molecule is Cc1cc(C)n(CCC(=O)NCCc2cc(Cl)c3c(c2)OCCO3)n1. The number of aryl methyl sites for hydroxylation is 3. The number of benzene rings is 1. The Morgan fingerprint density at radius 3 is 2.84 bits per heavy atom. The van der Waals surface area contributed by atoms with Crippen LogP contribution in [0.4, 0.5) is 0 Å². The minimum Gasteiger partial charge on any atom is -0.486 e. The fourth-order valence-electron chi connectivity index (χ4n) is 2.85. The number of hydrogen-bond donors (Lipinski definition) is 1. The standard InChI is InChI=1S/C18H22ClN3O3/c1-12-9-13(2)22(21-12)6-4-17(23)20-5-3-14-10-15(19)18-16(11-14)24-7-8-25-18/h9-11H,3-8H2,1-2H3,(H,20,23). The van der Waals surface area contributed by atoms with Crippen molar-refractivity contribution in [2.45, 2.75) is 33.2 Å². The lowest BCUT2D eigenvalue weighted by Gasteiger charge is -2.20. The van der Waals surface area contributed by atoms with Gasteiger partial charge in [-0.05, 0) is 44.0 Å². The molecule has 0 saturated heterocycles. The first kappa shape index (κ1) is 17.6. The van der Waals surface area contributed by atoms with E-state index in [0.29, 0.717) is 55.7 Å². The summed E-state index contributed by atoms with van der Waals surface area (Å²) in [5.74, 6) is 1.28. The number of carbonyl (C=O) groups excluding carboxylic acids is 1. The zero-order valence-electron chi connectivity index (χ0n) is 14.5. The predicted octanol–water partition coefficient (Wildman–Crippen LogP) is 2.67. The summed E-state index contributed by atoms with van der Waals surface area (Å²) in [6.45, 7) is 6.10. The first-order valence-corrected chi connectivity index (χ1v) is 8.76. The Kier molecular flexibility index (Phi) is 5.48. The van der Waals surface area contributed by atoms with E-state index in [1.807, 2.05) is 36.7 Å². The third-order valence-corrected chi connectivity index (χ3v) is 4.33. The minimum absolute atomic E-state index is 0.0104. The third-order valence-electron chi connectivity index (χ3n) is 4.05. The van der Waals surface area contributed by atoms with Crippen molar-refractivity contribution in [3.8, 4) is 11.5 Å². The summed E-state index contributed by atoms with van der Waals surface area (Å²) in [6, 6.07) is 5.78. The number of nitrogens with one attached hydrogen (secondary N) is 1. The molecule has 2 heterocycles.